The van der Waals surface area contributed by atoms with E-state index in [1.54, 1.807) is 0 Å². The zero-order valence-corrected chi connectivity index (χ0v) is 15.0. The van der Waals surface area contributed by atoms with Crippen LogP contribution in [0.25, 0.3) is 0 Å². The average molecular weight is 356 g/mol. The van der Waals surface area contributed by atoms with E-state index >= 15 is 0 Å². The summed E-state index contributed by atoms with van der Waals surface area (Å²) in [5, 5.41) is 5.29. The van der Waals surface area contributed by atoms with Crippen molar-refractivity contribution in [1.82, 2.24) is 10.6 Å². The van der Waals surface area contributed by atoms with Crippen molar-refractivity contribution >= 4 is 12.2 Å². The van der Waals surface area contributed by atoms with Gasteiger partial charge in [0, 0.05) is 0 Å². The summed E-state index contributed by atoms with van der Waals surface area (Å²) in [5.74, 6) is -0.0384. The van der Waals surface area contributed by atoms with Crippen LogP contribution in [0.3, 0.4) is 0 Å². The number of alkyl carbamates (subject to hydrolysis) is 2. The van der Waals surface area contributed by atoms with Crippen molar-refractivity contribution in [1.29, 1.82) is 0 Å². The Hall–Kier alpha value is -3.02. The Bertz CT molecular complexity index is 632. The van der Waals surface area contributed by atoms with Crippen LogP contribution < -0.4 is 10.6 Å². The quantitative estimate of drug-likeness (QED) is 0.740. The third-order valence-corrected chi connectivity index (χ3v) is 3.64. The lowest BCUT2D eigenvalue weighted by atomic mass is 10.1. The SMILES string of the molecule is CC(C)C(NC(=O)OCc1ccccc1)NC(=O)OCc1ccccc1. The van der Waals surface area contributed by atoms with Gasteiger partial charge in [-0.15, -0.1) is 0 Å². The molecular weight excluding hydrogens is 332 g/mol. The lowest BCUT2D eigenvalue weighted by Crippen LogP contribution is -2.51. The number of nitrogens with one attached hydrogen (secondary N) is 2. The number of carbonyl (C=O) groups excluding carboxylic acids is 2. The van der Waals surface area contributed by atoms with Gasteiger partial charge in [-0.3, -0.25) is 0 Å². The van der Waals surface area contributed by atoms with E-state index in [0.717, 1.165) is 11.1 Å². The molecular formula is C20H24N2O4. The second kappa shape index (κ2) is 10.1. The summed E-state index contributed by atoms with van der Waals surface area (Å²) in [6.45, 7) is 4.07. The lowest BCUT2D eigenvalue weighted by molar-refractivity contribution is 0.117. The Morgan fingerprint density at radius 1 is 0.769 bits per heavy atom. The minimum atomic E-state index is -0.601. The van der Waals surface area contributed by atoms with Gasteiger partial charge in [-0.1, -0.05) is 74.5 Å². The van der Waals surface area contributed by atoms with Crippen LogP contribution in [0, 0.1) is 5.92 Å². The van der Waals surface area contributed by atoms with Crippen LogP contribution in [0.2, 0.25) is 0 Å². The lowest BCUT2D eigenvalue weighted by Gasteiger charge is -2.23. The van der Waals surface area contributed by atoms with Gasteiger partial charge >= 0.3 is 12.2 Å². The monoisotopic (exact) mass is 356 g/mol. The maximum absolute atomic E-state index is 12.0. The topological polar surface area (TPSA) is 76.7 Å². The molecule has 6 heteroatoms. The third kappa shape index (κ3) is 6.84. The van der Waals surface area contributed by atoms with Crippen LogP contribution in [-0.2, 0) is 22.7 Å². The normalized spacial score (nSPS) is 10.5. The van der Waals surface area contributed by atoms with Crippen LogP contribution >= 0.6 is 0 Å². The first kappa shape index (κ1) is 19.3. The van der Waals surface area contributed by atoms with Gasteiger partial charge in [0.25, 0.3) is 0 Å². The molecule has 0 fully saturated rings. The van der Waals surface area contributed by atoms with E-state index < -0.39 is 18.4 Å². The zero-order chi connectivity index (χ0) is 18.8. The summed E-state index contributed by atoms with van der Waals surface area (Å²) in [7, 11) is 0. The summed E-state index contributed by atoms with van der Waals surface area (Å²) >= 11 is 0. The van der Waals surface area contributed by atoms with Gasteiger partial charge in [0.2, 0.25) is 0 Å². The fraction of sp³-hybridized carbons (Fsp3) is 0.300. The molecule has 138 valence electrons. The minimum absolute atomic E-state index is 0.0384. The van der Waals surface area contributed by atoms with E-state index in [9.17, 15) is 9.59 Å². The molecule has 0 aliphatic heterocycles. The van der Waals surface area contributed by atoms with E-state index in [1.165, 1.54) is 0 Å². The predicted octanol–water partition coefficient (Wildman–Crippen LogP) is 3.82. The predicted molar refractivity (Wildman–Crippen MR) is 98.2 cm³/mol. The minimum Gasteiger partial charge on any atom is -0.445 e. The summed E-state index contributed by atoms with van der Waals surface area (Å²) in [6, 6.07) is 18.7. The summed E-state index contributed by atoms with van der Waals surface area (Å²) in [6.07, 6.45) is -1.80. The van der Waals surface area contributed by atoms with Crippen molar-refractivity contribution in [3.05, 3.63) is 71.8 Å². The molecule has 0 heterocycles. The zero-order valence-electron chi connectivity index (χ0n) is 15.0. The smallest absolute Gasteiger partial charge is 0.409 e. The van der Waals surface area contributed by atoms with Crippen molar-refractivity contribution in [2.45, 2.75) is 33.2 Å². The third-order valence-electron chi connectivity index (χ3n) is 3.64. The molecule has 0 radical (unpaired) electrons. The molecule has 2 rings (SSSR count). The van der Waals surface area contributed by atoms with Gasteiger partial charge in [-0.25, -0.2) is 9.59 Å². The van der Waals surface area contributed by atoms with Crippen molar-refractivity contribution in [2.75, 3.05) is 0 Å². The van der Waals surface area contributed by atoms with Crippen molar-refractivity contribution < 1.29 is 19.1 Å². The first-order chi connectivity index (χ1) is 12.5. The second-order valence-electron chi connectivity index (χ2n) is 6.13. The van der Waals surface area contributed by atoms with E-state index in [-0.39, 0.29) is 19.1 Å². The molecule has 0 unspecified atom stereocenters. The standard InChI is InChI=1S/C20H24N2O4/c1-15(2)18(21-19(23)25-13-16-9-5-3-6-10-16)22-20(24)26-14-17-11-7-4-8-12-17/h3-12,15,18H,13-14H2,1-2H3,(H,21,23)(H,22,24). The Morgan fingerprint density at radius 3 is 1.50 bits per heavy atom. The highest BCUT2D eigenvalue weighted by Gasteiger charge is 2.20. The Morgan fingerprint density at radius 2 is 1.15 bits per heavy atom. The van der Waals surface area contributed by atoms with Crippen molar-refractivity contribution in [2.24, 2.45) is 5.92 Å². The van der Waals surface area contributed by atoms with E-state index in [2.05, 4.69) is 10.6 Å². The van der Waals surface area contributed by atoms with Crippen LogP contribution in [0.15, 0.2) is 60.7 Å². The first-order valence-electron chi connectivity index (χ1n) is 8.49. The Labute approximate surface area is 153 Å². The maximum atomic E-state index is 12.0. The molecule has 2 aromatic carbocycles. The largest absolute Gasteiger partial charge is 0.445 e. The van der Waals surface area contributed by atoms with Gasteiger partial charge in [-0.05, 0) is 17.0 Å². The van der Waals surface area contributed by atoms with E-state index in [1.807, 2.05) is 74.5 Å². The van der Waals surface area contributed by atoms with Crippen LogP contribution in [0.4, 0.5) is 9.59 Å². The molecule has 6 nitrogen and oxygen atoms in total. The summed E-state index contributed by atoms with van der Waals surface area (Å²) in [4.78, 5) is 23.9. The first-order valence-corrected chi connectivity index (χ1v) is 8.49. The van der Waals surface area contributed by atoms with Crippen LogP contribution in [-0.4, -0.2) is 18.4 Å². The Kier molecular flexibility index (Phi) is 7.49. The van der Waals surface area contributed by atoms with Crippen molar-refractivity contribution in [3.8, 4) is 0 Å². The van der Waals surface area contributed by atoms with E-state index in [0.29, 0.717) is 0 Å². The number of hydrogen-bond acceptors (Lipinski definition) is 4. The Balaban J connectivity index is 1.78. The number of amides is 2. The van der Waals surface area contributed by atoms with Crippen LogP contribution in [0.1, 0.15) is 25.0 Å². The van der Waals surface area contributed by atoms with Gasteiger partial charge in [0.1, 0.15) is 19.4 Å². The number of carbonyl (C=O) groups is 2. The fourth-order valence-electron chi connectivity index (χ4n) is 2.15. The molecule has 2 N–H and O–H groups in total. The molecule has 0 aromatic heterocycles. The van der Waals surface area contributed by atoms with Gasteiger partial charge < -0.3 is 20.1 Å². The van der Waals surface area contributed by atoms with E-state index in [4.69, 9.17) is 9.47 Å². The van der Waals surface area contributed by atoms with Crippen LogP contribution in [0.5, 0.6) is 0 Å². The average Bonchev–Trinajstić information content (AvgIpc) is 2.66. The molecule has 0 atom stereocenters. The fourth-order valence-corrected chi connectivity index (χ4v) is 2.15. The molecule has 0 aliphatic carbocycles. The number of rotatable bonds is 7. The number of ether oxygens (including phenoxy) is 2. The summed E-state index contributed by atoms with van der Waals surface area (Å²) in [5.41, 5.74) is 1.78. The number of hydrogen-bond donors (Lipinski definition) is 2. The molecule has 0 saturated carbocycles. The highest BCUT2D eigenvalue weighted by Crippen LogP contribution is 2.04. The summed E-state index contributed by atoms with van der Waals surface area (Å²) < 4.78 is 10.4. The van der Waals surface area contributed by atoms with Gasteiger partial charge in [-0.2, -0.15) is 0 Å². The molecule has 2 aromatic rings. The molecule has 26 heavy (non-hydrogen) atoms. The van der Waals surface area contributed by atoms with Gasteiger partial charge in [0.05, 0.1) is 0 Å². The molecule has 0 spiro atoms. The molecule has 0 aliphatic rings. The van der Waals surface area contributed by atoms with Gasteiger partial charge in [0.15, 0.2) is 0 Å². The molecule has 0 saturated heterocycles. The van der Waals surface area contributed by atoms with Crippen molar-refractivity contribution in [3.63, 3.8) is 0 Å². The molecule has 2 amide bonds. The maximum Gasteiger partial charge on any atom is 0.409 e. The highest BCUT2D eigenvalue weighted by molar-refractivity contribution is 5.71. The number of benzene rings is 2. The second-order valence-corrected chi connectivity index (χ2v) is 6.13. The molecule has 0 bridgehead atoms. The highest BCUT2D eigenvalue weighted by atomic mass is 16.6.